The van der Waals surface area contributed by atoms with Crippen LogP contribution in [-0.2, 0) is 10.0 Å². The zero-order chi connectivity index (χ0) is 27.2. The van der Waals surface area contributed by atoms with Crippen molar-refractivity contribution in [3.8, 4) is 0 Å². The van der Waals surface area contributed by atoms with Gasteiger partial charge in [0.25, 0.3) is 0 Å². The predicted octanol–water partition coefficient (Wildman–Crippen LogP) is 0.875. The number of nitrogens with zero attached hydrogens (tertiary/aromatic N) is 5. The number of hydrogen-bond donors (Lipinski definition) is 2. The monoisotopic (exact) mass is 548 g/mol. The minimum absolute atomic E-state index is 0.0227. The third kappa shape index (κ3) is 5.42. The predicted molar refractivity (Wildman–Crippen MR) is 146 cm³/mol. The lowest BCUT2D eigenvalue weighted by atomic mass is 9.97. The van der Waals surface area contributed by atoms with Crippen LogP contribution in [0.2, 0.25) is 0 Å². The molecule has 4 heterocycles. The number of β-amino-alcohol motifs (C(OH)–C–C–N with tert-alkyl or cyclic N) is 1. The van der Waals surface area contributed by atoms with Crippen LogP contribution in [0.15, 0.2) is 29.1 Å². The fourth-order valence-corrected chi connectivity index (χ4v) is 7.46. The topological polar surface area (TPSA) is 120 Å². The highest BCUT2D eigenvalue weighted by Crippen LogP contribution is 2.36. The van der Waals surface area contributed by atoms with E-state index in [1.54, 1.807) is 4.57 Å². The fraction of sp³-hybridized carbons (Fsp3) is 0.692. The second-order valence-corrected chi connectivity index (χ2v) is 13.4. The van der Waals surface area contributed by atoms with Gasteiger partial charge >= 0.3 is 11.7 Å². The molecule has 12 heteroatoms. The van der Waals surface area contributed by atoms with Crippen LogP contribution in [0.4, 0.5) is 4.79 Å². The number of aliphatic hydroxyl groups is 1. The van der Waals surface area contributed by atoms with E-state index in [9.17, 15) is 23.1 Å². The molecular formula is C26H40N6O5S. The maximum Gasteiger partial charge on any atom is 0.337 e. The minimum Gasteiger partial charge on any atom is -0.390 e. The van der Waals surface area contributed by atoms with Crippen LogP contribution < -0.4 is 11.0 Å². The van der Waals surface area contributed by atoms with Crippen molar-refractivity contribution in [2.45, 2.75) is 69.8 Å². The summed E-state index contributed by atoms with van der Waals surface area (Å²) in [6.45, 7) is 7.14. The van der Waals surface area contributed by atoms with Crippen molar-refractivity contribution in [3.63, 3.8) is 0 Å². The molecule has 3 aliphatic rings. The lowest BCUT2D eigenvalue weighted by Gasteiger charge is -2.41. The number of nitrogens with one attached hydrogen (secondary N) is 1. The van der Waals surface area contributed by atoms with Crippen molar-refractivity contribution in [2.24, 2.45) is 0 Å². The Morgan fingerprint density at radius 3 is 2.21 bits per heavy atom. The highest BCUT2D eigenvalue weighted by atomic mass is 32.2. The molecule has 2 unspecified atom stereocenters. The Morgan fingerprint density at radius 2 is 1.63 bits per heavy atom. The summed E-state index contributed by atoms with van der Waals surface area (Å²) in [6, 6.07) is 7.50. The van der Waals surface area contributed by atoms with Crippen LogP contribution in [0.5, 0.6) is 0 Å². The number of rotatable bonds is 7. The number of hydrogen-bond acceptors (Lipinski definition) is 7. The second-order valence-electron chi connectivity index (χ2n) is 11.4. The van der Waals surface area contributed by atoms with Crippen LogP contribution in [-0.4, -0.2) is 113 Å². The average Bonchev–Trinajstić information content (AvgIpc) is 3.26. The first-order chi connectivity index (χ1) is 18.0. The van der Waals surface area contributed by atoms with Gasteiger partial charge in [-0.25, -0.2) is 22.6 Å². The van der Waals surface area contributed by atoms with Gasteiger partial charge in [-0.3, -0.25) is 14.4 Å². The number of benzene rings is 1. The Labute approximate surface area is 224 Å². The maximum absolute atomic E-state index is 13.3. The standard InChI is InChI=1S/C26H40N6O5S/c1-18(2)31-23-6-4-5-7-24(23)32(26(31)35)25(34)27-19-14-20-8-9-21(15-19)30(20)17-22(33)16-28-10-12-29(13-11-28)38(3,36)37/h4-7,18-22,33H,8-17H2,1-3H3,(H,27,34)/t19?,20-,21+,22?. The van der Waals surface area contributed by atoms with Gasteiger partial charge in [0.15, 0.2) is 0 Å². The summed E-state index contributed by atoms with van der Waals surface area (Å²) < 4.78 is 27.9. The van der Waals surface area contributed by atoms with Gasteiger partial charge < -0.3 is 10.4 Å². The van der Waals surface area contributed by atoms with Gasteiger partial charge in [-0.15, -0.1) is 0 Å². The Balaban J connectivity index is 1.18. The van der Waals surface area contributed by atoms with Crippen LogP contribution in [0.3, 0.4) is 0 Å². The molecule has 11 nitrogen and oxygen atoms in total. The first-order valence-corrected chi connectivity index (χ1v) is 15.5. The summed E-state index contributed by atoms with van der Waals surface area (Å²) in [7, 11) is -3.17. The number of sulfonamides is 1. The minimum atomic E-state index is -3.17. The van der Waals surface area contributed by atoms with Crippen molar-refractivity contribution in [3.05, 3.63) is 34.7 Å². The van der Waals surface area contributed by atoms with Crippen molar-refractivity contribution >= 4 is 27.1 Å². The van der Waals surface area contributed by atoms with Gasteiger partial charge in [0.2, 0.25) is 10.0 Å². The molecule has 3 aliphatic heterocycles. The van der Waals surface area contributed by atoms with E-state index in [1.807, 2.05) is 38.1 Å². The molecule has 1 aromatic heterocycles. The Kier molecular flexibility index (Phi) is 7.71. The SMILES string of the molecule is CC(C)n1c(=O)n(C(=O)NC2C[C@H]3CC[C@@H](C2)N3CC(O)CN2CCN(S(C)(=O)=O)CC2)c2ccccc21. The molecule has 0 spiro atoms. The largest absolute Gasteiger partial charge is 0.390 e. The van der Waals surface area contributed by atoms with Crippen LogP contribution in [0.1, 0.15) is 45.6 Å². The molecule has 0 aliphatic carbocycles. The van der Waals surface area contributed by atoms with Gasteiger partial charge in [-0.1, -0.05) is 12.1 Å². The summed E-state index contributed by atoms with van der Waals surface area (Å²) >= 11 is 0. The van der Waals surface area contributed by atoms with E-state index in [1.165, 1.54) is 15.1 Å². The summed E-state index contributed by atoms with van der Waals surface area (Å²) in [4.78, 5) is 31.0. The number of fused-ring (bicyclic) bond motifs is 3. The molecule has 2 N–H and O–H groups in total. The molecule has 3 fully saturated rings. The lowest BCUT2D eigenvalue weighted by Crippen LogP contribution is -2.55. The zero-order valence-corrected chi connectivity index (χ0v) is 23.3. The number of piperazine rings is 1. The summed E-state index contributed by atoms with van der Waals surface area (Å²) in [5.41, 5.74) is 1.05. The highest BCUT2D eigenvalue weighted by molar-refractivity contribution is 7.88. The number of carbonyl (C=O) groups is 1. The molecule has 0 saturated carbocycles. The number of carbonyl (C=O) groups excluding carboxylic acids is 1. The third-order valence-electron chi connectivity index (χ3n) is 8.40. The second kappa shape index (κ2) is 10.7. The van der Waals surface area contributed by atoms with E-state index in [2.05, 4.69) is 15.1 Å². The van der Waals surface area contributed by atoms with Crippen LogP contribution in [0.25, 0.3) is 11.0 Å². The van der Waals surface area contributed by atoms with Crippen LogP contribution >= 0.6 is 0 Å². The number of piperidine rings is 1. The smallest absolute Gasteiger partial charge is 0.337 e. The summed E-state index contributed by atoms with van der Waals surface area (Å²) in [5, 5.41) is 14.0. The van der Waals surface area contributed by atoms with Crippen molar-refractivity contribution in [1.82, 2.24) is 28.6 Å². The molecule has 5 rings (SSSR count). The Bertz CT molecular complexity index is 1320. The average molecular weight is 549 g/mol. The number of amides is 1. The molecule has 1 aromatic carbocycles. The number of aliphatic hydroxyl groups excluding tert-OH is 1. The van der Waals surface area contributed by atoms with E-state index in [4.69, 9.17) is 0 Å². The van der Waals surface area contributed by atoms with Gasteiger partial charge in [-0.05, 0) is 51.7 Å². The highest BCUT2D eigenvalue weighted by Gasteiger charge is 2.42. The first-order valence-electron chi connectivity index (χ1n) is 13.7. The molecule has 0 radical (unpaired) electrons. The quantitative estimate of drug-likeness (QED) is 0.527. The lowest BCUT2D eigenvalue weighted by molar-refractivity contribution is 0.0287. The molecular weight excluding hydrogens is 508 g/mol. The molecule has 3 saturated heterocycles. The van der Waals surface area contributed by atoms with Crippen molar-refractivity contribution in [1.29, 1.82) is 0 Å². The summed E-state index contributed by atoms with van der Waals surface area (Å²) in [5.74, 6) is 0. The fourth-order valence-electron chi connectivity index (χ4n) is 6.64. The molecule has 1 amide bonds. The molecule has 210 valence electrons. The molecule has 38 heavy (non-hydrogen) atoms. The van der Waals surface area contributed by atoms with Crippen molar-refractivity contribution < 1.29 is 18.3 Å². The normalized spacial score (nSPS) is 26.3. The zero-order valence-electron chi connectivity index (χ0n) is 22.5. The van der Waals surface area contributed by atoms with Gasteiger partial charge in [0.05, 0.1) is 23.4 Å². The van der Waals surface area contributed by atoms with E-state index in [-0.39, 0.29) is 35.9 Å². The van der Waals surface area contributed by atoms with Gasteiger partial charge in [-0.2, -0.15) is 4.31 Å². The number of aromatic nitrogens is 2. The van der Waals surface area contributed by atoms with Crippen LogP contribution in [0, 0.1) is 0 Å². The van der Waals surface area contributed by atoms with Gasteiger partial charge in [0, 0.05) is 63.4 Å². The molecule has 4 atom stereocenters. The number of para-hydroxylation sites is 2. The number of imidazole rings is 1. The maximum atomic E-state index is 13.3. The van der Waals surface area contributed by atoms with Gasteiger partial charge in [0.1, 0.15) is 0 Å². The summed E-state index contributed by atoms with van der Waals surface area (Å²) in [6.07, 6.45) is 4.36. The van der Waals surface area contributed by atoms with E-state index < -0.39 is 16.1 Å². The van der Waals surface area contributed by atoms with Crippen molar-refractivity contribution in [2.75, 3.05) is 45.5 Å². The Hall–Kier alpha value is -2.25. The Morgan fingerprint density at radius 1 is 1.03 bits per heavy atom. The van der Waals surface area contributed by atoms with E-state index in [0.717, 1.165) is 31.2 Å². The van der Waals surface area contributed by atoms with E-state index >= 15 is 0 Å². The first kappa shape index (κ1) is 27.3. The third-order valence-corrected chi connectivity index (χ3v) is 9.70. The molecule has 2 aromatic rings. The van der Waals surface area contributed by atoms with E-state index in [0.29, 0.717) is 44.8 Å². The molecule has 2 bridgehead atoms.